The summed E-state index contributed by atoms with van der Waals surface area (Å²) in [6.45, 7) is 0. The van der Waals surface area contributed by atoms with Crippen LogP contribution in [0.4, 0.5) is 0 Å². The fraction of sp³-hybridized carbons (Fsp3) is 0. The summed E-state index contributed by atoms with van der Waals surface area (Å²) in [5.74, 6) is 0. The third kappa shape index (κ3) is 6.22. The summed E-state index contributed by atoms with van der Waals surface area (Å²) in [7, 11) is 2.41. The van der Waals surface area contributed by atoms with E-state index < -0.39 is 0 Å². The summed E-state index contributed by atoms with van der Waals surface area (Å²) in [5, 5.41) is 19.6. The quantitative estimate of drug-likeness (QED) is 0.368. The van der Waals surface area contributed by atoms with Gasteiger partial charge in [-0.1, -0.05) is 0 Å². The summed E-state index contributed by atoms with van der Waals surface area (Å²) in [6, 6.07) is 0. The molecule has 0 aromatic carbocycles. The predicted molar refractivity (Wildman–Crippen MR) is 32.2 cm³/mol. The Bertz CT molecular complexity index is 97.8. The molecule has 7 heavy (non-hydrogen) atoms. The van der Waals surface area contributed by atoms with Gasteiger partial charge in [0, 0.05) is 0 Å². The molecule has 0 saturated heterocycles. The molecule has 0 saturated carbocycles. The van der Waals surface area contributed by atoms with E-state index in [0.29, 0.717) is 0 Å². The summed E-state index contributed by atoms with van der Waals surface area (Å²) in [4.78, 5) is 0. The van der Waals surface area contributed by atoms with Crippen LogP contribution in [0, 0.1) is 21.3 Å². The van der Waals surface area contributed by atoms with Gasteiger partial charge in [0.25, 0.3) is 0 Å². The Hall–Kier alpha value is 0.223. The van der Waals surface area contributed by atoms with E-state index in [-0.39, 0.29) is 13.1 Å². The van der Waals surface area contributed by atoms with Crippen LogP contribution in [0.3, 0.4) is 0 Å². The number of hydrogen-bond acceptors (Lipinski definition) is 4. The Morgan fingerprint density at radius 1 is 1.14 bits per heavy atom. The van der Waals surface area contributed by atoms with Crippen molar-refractivity contribution in [2.45, 2.75) is 0 Å². The summed E-state index contributed by atoms with van der Waals surface area (Å²) >= 11 is -0.375. The first-order chi connectivity index (χ1) is 3.41. The second-order valence-electron chi connectivity index (χ2n) is 0.470. The van der Waals surface area contributed by atoms with Crippen LogP contribution >= 0.6 is 20.2 Å². The SMILES string of the molecule is N#C[S][Ge][S]C#N. The summed E-state index contributed by atoms with van der Waals surface area (Å²) < 4.78 is 0. The molecule has 0 unspecified atom stereocenters. The first kappa shape index (κ1) is 7.22. The molecule has 0 heterocycles. The van der Waals surface area contributed by atoms with Gasteiger partial charge in [-0.15, -0.1) is 0 Å². The predicted octanol–water partition coefficient (Wildman–Crippen LogP) is 0.949. The first-order valence-electron chi connectivity index (χ1n) is 1.26. The van der Waals surface area contributed by atoms with Crippen molar-refractivity contribution < 1.29 is 0 Å². The van der Waals surface area contributed by atoms with Crippen LogP contribution in [0.2, 0.25) is 0 Å². The average Bonchev–Trinajstić information content (AvgIpc) is 1.69. The van der Waals surface area contributed by atoms with Crippen molar-refractivity contribution in [3.63, 3.8) is 0 Å². The standard InChI is InChI=1S/C2GeN2S2/c4-1-6-3-7-2-5. The van der Waals surface area contributed by atoms with Gasteiger partial charge in [0.05, 0.1) is 0 Å². The Balaban J connectivity index is 2.77. The molecular formula is C2GeN2S2. The van der Waals surface area contributed by atoms with Crippen LogP contribution in [-0.4, -0.2) is 13.1 Å². The van der Waals surface area contributed by atoms with E-state index >= 15 is 0 Å². The fourth-order valence-corrected chi connectivity index (χ4v) is 2.72. The third-order valence-corrected chi connectivity index (χ3v) is 5.32. The van der Waals surface area contributed by atoms with Crippen LogP contribution in [0.15, 0.2) is 0 Å². The van der Waals surface area contributed by atoms with Gasteiger partial charge < -0.3 is 0 Å². The van der Waals surface area contributed by atoms with Crippen LogP contribution in [-0.2, 0) is 0 Å². The molecule has 0 atom stereocenters. The third-order valence-electron chi connectivity index (χ3n) is 0.175. The molecule has 0 aliphatic heterocycles. The molecule has 0 aliphatic rings. The van der Waals surface area contributed by atoms with E-state index in [1.807, 2.05) is 10.8 Å². The van der Waals surface area contributed by atoms with Crippen LogP contribution in [0.5, 0.6) is 0 Å². The topological polar surface area (TPSA) is 47.6 Å². The van der Waals surface area contributed by atoms with Crippen molar-refractivity contribution in [2.24, 2.45) is 0 Å². The Labute approximate surface area is 54.8 Å². The number of thiocyanates is 2. The minimum atomic E-state index is -0.375. The van der Waals surface area contributed by atoms with Gasteiger partial charge in [0.1, 0.15) is 0 Å². The van der Waals surface area contributed by atoms with Gasteiger partial charge in [-0.25, -0.2) is 0 Å². The van der Waals surface area contributed by atoms with Crippen molar-refractivity contribution in [3.8, 4) is 10.8 Å². The Morgan fingerprint density at radius 3 is 1.86 bits per heavy atom. The molecule has 0 aromatic rings. The second kappa shape index (κ2) is 6.22. The zero-order valence-corrected chi connectivity index (χ0v) is 6.94. The molecule has 0 amide bonds. The zero-order chi connectivity index (χ0) is 5.54. The molecule has 2 nitrogen and oxygen atoms in total. The number of hydrogen-bond donors (Lipinski definition) is 0. The summed E-state index contributed by atoms with van der Waals surface area (Å²) in [5.41, 5.74) is 0. The molecule has 0 fully saturated rings. The van der Waals surface area contributed by atoms with Gasteiger partial charge in [0.15, 0.2) is 0 Å². The van der Waals surface area contributed by atoms with Gasteiger partial charge in [-0.05, 0) is 0 Å². The maximum atomic E-state index is 7.91. The maximum absolute atomic E-state index is 7.91. The zero-order valence-electron chi connectivity index (χ0n) is 3.21. The molecular weight excluding hydrogens is 189 g/mol. The van der Waals surface area contributed by atoms with Crippen LogP contribution in [0.25, 0.3) is 0 Å². The molecule has 34 valence electrons. The van der Waals surface area contributed by atoms with Gasteiger partial charge in [0.2, 0.25) is 0 Å². The Morgan fingerprint density at radius 2 is 1.57 bits per heavy atom. The average molecular weight is 189 g/mol. The number of rotatable bonds is 2. The Kier molecular flexibility index (Phi) is 6.42. The van der Waals surface area contributed by atoms with Crippen molar-refractivity contribution in [1.82, 2.24) is 0 Å². The molecule has 0 N–H and O–H groups in total. The van der Waals surface area contributed by atoms with Gasteiger partial charge in [-0.2, -0.15) is 0 Å². The molecule has 0 aromatic heterocycles. The van der Waals surface area contributed by atoms with Crippen LogP contribution < -0.4 is 0 Å². The van der Waals surface area contributed by atoms with Crippen molar-refractivity contribution in [2.75, 3.05) is 0 Å². The molecule has 0 bridgehead atoms. The minimum absolute atomic E-state index is 0.375. The molecule has 0 rings (SSSR count). The van der Waals surface area contributed by atoms with E-state index in [0.717, 1.165) is 0 Å². The van der Waals surface area contributed by atoms with E-state index in [2.05, 4.69) is 0 Å². The second-order valence-corrected chi connectivity index (χ2v) is 7.63. The van der Waals surface area contributed by atoms with Gasteiger partial charge in [-0.3, -0.25) is 0 Å². The molecule has 0 aliphatic carbocycles. The van der Waals surface area contributed by atoms with Crippen LogP contribution in [0.1, 0.15) is 0 Å². The monoisotopic (exact) mass is 190 g/mol. The van der Waals surface area contributed by atoms with Gasteiger partial charge >= 0.3 is 54.6 Å². The number of nitrogens with zero attached hydrogens (tertiary/aromatic N) is 2. The fourth-order valence-electron chi connectivity index (χ4n) is 0.0581. The van der Waals surface area contributed by atoms with E-state index in [4.69, 9.17) is 10.5 Å². The van der Waals surface area contributed by atoms with Crippen molar-refractivity contribution in [1.29, 1.82) is 10.5 Å². The first-order valence-corrected chi connectivity index (χ1v) is 8.04. The molecule has 0 spiro atoms. The van der Waals surface area contributed by atoms with E-state index in [1.54, 1.807) is 0 Å². The van der Waals surface area contributed by atoms with E-state index in [9.17, 15) is 0 Å². The normalized spacial score (nSPS) is 6.57. The van der Waals surface area contributed by atoms with Crippen molar-refractivity contribution in [3.05, 3.63) is 0 Å². The number of nitriles is 2. The molecule has 5 heteroatoms. The van der Waals surface area contributed by atoms with E-state index in [1.165, 1.54) is 20.2 Å². The van der Waals surface area contributed by atoms with Crippen molar-refractivity contribution >= 4 is 33.3 Å². The molecule has 2 radical (unpaired) electrons. The summed E-state index contributed by atoms with van der Waals surface area (Å²) in [6.07, 6.45) is 0.